The largest absolute Gasteiger partial charge is 0.391 e. The maximum atomic E-state index is 12.4. The zero-order chi connectivity index (χ0) is 17.0. The molecule has 23 heavy (non-hydrogen) atoms. The summed E-state index contributed by atoms with van der Waals surface area (Å²) < 4.78 is 2.08. The molecule has 1 N–H and O–H groups in total. The number of aliphatic hydroxyl groups excluding tert-OH is 1. The zero-order valence-electron chi connectivity index (χ0n) is 14.9. The minimum Gasteiger partial charge on any atom is -0.391 e. The van der Waals surface area contributed by atoms with E-state index < -0.39 is 0 Å². The molecular weight excluding hydrogens is 290 g/mol. The number of aromatic nitrogens is 1. The van der Waals surface area contributed by atoms with Crippen LogP contribution in [0.25, 0.3) is 0 Å². The van der Waals surface area contributed by atoms with Crippen molar-refractivity contribution in [2.24, 2.45) is 5.41 Å². The van der Waals surface area contributed by atoms with Gasteiger partial charge in [-0.3, -0.25) is 9.69 Å². The first-order chi connectivity index (χ1) is 10.8. The van der Waals surface area contributed by atoms with Crippen LogP contribution in [-0.4, -0.2) is 64.2 Å². The van der Waals surface area contributed by atoms with E-state index in [4.69, 9.17) is 0 Å². The Labute approximate surface area is 139 Å². The molecule has 1 aliphatic heterocycles. The molecule has 0 radical (unpaired) electrons. The zero-order valence-corrected chi connectivity index (χ0v) is 14.9. The smallest absolute Gasteiger partial charge is 0.224 e. The van der Waals surface area contributed by atoms with Gasteiger partial charge in [0.05, 0.1) is 6.10 Å². The second-order valence-corrected chi connectivity index (χ2v) is 7.75. The van der Waals surface area contributed by atoms with Gasteiger partial charge in [0.25, 0.3) is 0 Å². The van der Waals surface area contributed by atoms with E-state index in [0.717, 1.165) is 26.2 Å². The lowest BCUT2D eigenvalue weighted by molar-refractivity contribution is -0.134. The molecule has 5 heteroatoms. The number of amides is 1. The first-order valence-electron chi connectivity index (χ1n) is 8.58. The van der Waals surface area contributed by atoms with Gasteiger partial charge in [-0.1, -0.05) is 20.8 Å². The van der Waals surface area contributed by atoms with Crippen LogP contribution >= 0.6 is 0 Å². The second kappa shape index (κ2) is 7.49. The summed E-state index contributed by atoms with van der Waals surface area (Å²) in [5.74, 6) is 0.224. The molecule has 0 spiro atoms. The quantitative estimate of drug-likeness (QED) is 0.902. The molecule has 0 aliphatic carbocycles. The molecule has 1 fully saturated rings. The van der Waals surface area contributed by atoms with Gasteiger partial charge < -0.3 is 14.6 Å². The standard InChI is InChI=1S/C18H31N3O2/c1-15(20-7-5-6-8-20)13-17(23)21-11-9-19(10-12-21)14-16(22)18(2,3)4/h5-8,15-16,22H,9-14H2,1-4H3/t15-,16+/m1/s1. The van der Waals surface area contributed by atoms with Crippen molar-refractivity contribution in [3.63, 3.8) is 0 Å². The van der Waals surface area contributed by atoms with Crippen LogP contribution in [0.15, 0.2) is 24.5 Å². The number of aliphatic hydroxyl groups is 1. The monoisotopic (exact) mass is 321 g/mol. The molecule has 1 amide bonds. The maximum absolute atomic E-state index is 12.4. The Morgan fingerprint density at radius 1 is 1.13 bits per heavy atom. The average molecular weight is 321 g/mol. The van der Waals surface area contributed by atoms with Crippen LogP contribution in [0.3, 0.4) is 0 Å². The van der Waals surface area contributed by atoms with Gasteiger partial charge in [-0.25, -0.2) is 0 Å². The first kappa shape index (κ1) is 18.0. The lowest BCUT2D eigenvalue weighted by Crippen LogP contribution is -2.51. The number of carbonyl (C=O) groups excluding carboxylic acids is 1. The summed E-state index contributed by atoms with van der Waals surface area (Å²) in [6, 6.07) is 4.17. The highest BCUT2D eigenvalue weighted by molar-refractivity contribution is 5.76. The molecule has 5 nitrogen and oxygen atoms in total. The molecule has 130 valence electrons. The van der Waals surface area contributed by atoms with Crippen LogP contribution in [0.1, 0.15) is 40.2 Å². The van der Waals surface area contributed by atoms with Gasteiger partial charge >= 0.3 is 0 Å². The average Bonchev–Trinajstić information content (AvgIpc) is 3.01. The number of hydrogen-bond donors (Lipinski definition) is 1. The number of piperazine rings is 1. The van der Waals surface area contributed by atoms with Crippen molar-refractivity contribution in [2.45, 2.75) is 46.3 Å². The van der Waals surface area contributed by atoms with E-state index >= 15 is 0 Å². The summed E-state index contributed by atoms with van der Waals surface area (Å²) in [6.45, 7) is 12.1. The van der Waals surface area contributed by atoms with Crippen LogP contribution in [-0.2, 0) is 4.79 Å². The summed E-state index contributed by atoms with van der Waals surface area (Å²) >= 11 is 0. The van der Waals surface area contributed by atoms with Gasteiger partial charge in [-0.05, 0) is 24.5 Å². The molecule has 2 heterocycles. The molecule has 1 aromatic heterocycles. The van der Waals surface area contributed by atoms with Gasteiger partial charge in [-0.15, -0.1) is 0 Å². The molecule has 1 aromatic rings. The molecule has 0 bridgehead atoms. The lowest BCUT2D eigenvalue weighted by atomic mass is 9.89. The summed E-state index contributed by atoms with van der Waals surface area (Å²) in [5, 5.41) is 10.2. The van der Waals surface area contributed by atoms with Crippen molar-refractivity contribution in [1.29, 1.82) is 0 Å². The topological polar surface area (TPSA) is 48.7 Å². The van der Waals surface area contributed by atoms with Crippen LogP contribution in [0.2, 0.25) is 0 Å². The summed E-state index contributed by atoms with van der Waals surface area (Å²) in [6.07, 6.45) is 4.21. The van der Waals surface area contributed by atoms with Crippen molar-refractivity contribution in [3.8, 4) is 0 Å². The number of carbonyl (C=O) groups is 1. The van der Waals surface area contributed by atoms with Crippen molar-refractivity contribution in [1.82, 2.24) is 14.4 Å². The van der Waals surface area contributed by atoms with E-state index in [1.807, 2.05) is 29.4 Å². The second-order valence-electron chi connectivity index (χ2n) is 7.75. The minimum atomic E-state index is -0.335. The van der Waals surface area contributed by atoms with E-state index in [2.05, 4.69) is 37.2 Å². The Kier molecular flexibility index (Phi) is 5.87. The van der Waals surface area contributed by atoms with Crippen LogP contribution in [0.4, 0.5) is 0 Å². The van der Waals surface area contributed by atoms with Gasteiger partial charge in [0.1, 0.15) is 0 Å². The first-order valence-corrected chi connectivity index (χ1v) is 8.58. The van der Waals surface area contributed by atoms with E-state index in [1.54, 1.807) is 0 Å². The van der Waals surface area contributed by atoms with Gasteiger partial charge in [0, 0.05) is 57.6 Å². The normalized spacial score (nSPS) is 19.6. The third-order valence-corrected chi connectivity index (χ3v) is 4.76. The van der Waals surface area contributed by atoms with Crippen LogP contribution in [0, 0.1) is 5.41 Å². The van der Waals surface area contributed by atoms with Crippen molar-refractivity contribution < 1.29 is 9.90 Å². The number of β-amino-alcohol motifs (C(OH)–C–C–N with tert-alkyl or cyclic N) is 1. The molecule has 0 unspecified atom stereocenters. The molecule has 1 saturated heterocycles. The summed E-state index contributed by atoms with van der Waals surface area (Å²) in [5.41, 5.74) is -0.0981. The molecule has 2 rings (SSSR count). The fraction of sp³-hybridized carbons (Fsp3) is 0.722. The molecular formula is C18H31N3O2. The van der Waals surface area contributed by atoms with Gasteiger partial charge in [0.15, 0.2) is 0 Å². The van der Waals surface area contributed by atoms with E-state index in [-0.39, 0.29) is 23.5 Å². The Morgan fingerprint density at radius 2 is 1.70 bits per heavy atom. The van der Waals surface area contributed by atoms with Crippen LogP contribution in [0.5, 0.6) is 0 Å². The fourth-order valence-corrected chi connectivity index (χ4v) is 2.83. The maximum Gasteiger partial charge on any atom is 0.224 e. The minimum absolute atomic E-state index is 0.0981. The SMILES string of the molecule is C[C@H](CC(=O)N1CCN(C[C@H](O)C(C)(C)C)CC1)n1cccc1. The van der Waals surface area contributed by atoms with Crippen molar-refractivity contribution in [2.75, 3.05) is 32.7 Å². The summed E-state index contributed by atoms with van der Waals surface area (Å²) in [7, 11) is 0. The number of rotatable bonds is 5. The fourth-order valence-electron chi connectivity index (χ4n) is 2.83. The molecule has 2 atom stereocenters. The van der Waals surface area contributed by atoms with Crippen molar-refractivity contribution >= 4 is 5.91 Å². The van der Waals surface area contributed by atoms with Gasteiger partial charge in [0.2, 0.25) is 5.91 Å². The Morgan fingerprint density at radius 3 is 2.22 bits per heavy atom. The third kappa shape index (κ3) is 5.08. The van der Waals surface area contributed by atoms with E-state index in [1.165, 1.54) is 0 Å². The highest BCUT2D eigenvalue weighted by atomic mass is 16.3. The van der Waals surface area contributed by atoms with E-state index in [0.29, 0.717) is 13.0 Å². The summed E-state index contributed by atoms with van der Waals surface area (Å²) in [4.78, 5) is 16.7. The molecule has 1 aliphatic rings. The highest BCUT2D eigenvalue weighted by Gasteiger charge is 2.27. The van der Waals surface area contributed by atoms with E-state index in [9.17, 15) is 9.90 Å². The highest BCUT2D eigenvalue weighted by Crippen LogP contribution is 2.20. The van der Waals surface area contributed by atoms with Crippen LogP contribution < -0.4 is 0 Å². The number of hydrogen-bond acceptors (Lipinski definition) is 3. The number of nitrogens with zero attached hydrogens (tertiary/aromatic N) is 3. The third-order valence-electron chi connectivity index (χ3n) is 4.76. The Balaban J connectivity index is 1.76. The Hall–Kier alpha value is -1.33. The van der Waals surface area contributed by atoms with Crippen molar-refractivity contribution in [3.05, 3.63) is 24.5 Å². The molecule has 0 saturated carbocycles. The predicted octanol–water partition coefficient (Wildman–Crippen LogP) is 1.99. The Bertz CT molecular complexity index is 485. The predicted molar refractivity (Wildman–Crippen MR) is 92.2 cm³/mol. The lowest BCUT2D eigenvalue weighted by Gasteiger charge is -2.38. The molecule has 0 aromatic carbocycles. The van der Waals surface area contributed by atoms with Gasteiger partial charge in [-0.2, -0.15) is 0 Å².